The Kier molecular flexibility index (Phi) is 3.49. The molecule has 0 bridgehead atoms. The quantitative estimate of drug-likeness (QED) is 0.740. The van der Waals surface area contributed by atoms with Gasteiger partial charge in [-0.2, -0.15) is 0 Å². The number of carboxylic acid groups (broad SMARTS) is 1. The molecule has 14 heavy (non-hydrogen) atoms. The van der Waals surface area contributed by atoms with Gasteiger partial charge in [-0.15, -0.1) is 11.6 Å². The molecule has 0 spiro atoms. The summed E-state index contributed by atoms with van der Waals surface area (Å²) in [5.74, 6) is -1.08. The van der Waals surface area contributed by atoms with Crippen LogP contribution in [0.25, 0.3) is 0 Å². The monoisotopic (exact) mass is 213 g/mol. The fraction of sp³-hybridized carbons (Fsp3) is 0.300. The van der Waals surface area contributed by atoms with Crippen molar-refractivity contribution in [1.82, 2.24) is 0 Å². The van der Waals surface area contributed by atoms with Crippen molar-refractivity contribution in [3.05, 3.63) is 35.9 Å². The minimum Gasteiger partial charge on any atom is -0.480 e. The van der Waals surface area contributed by atoms with Crippen LogP contribution in [0.5, 0.6) is 0 Å². The Labute approximate surface area is 87.5 Å². The molecule has 0 heterocycles. The largest absolute Gasteiger partial charge is 0.480 e. The maximum absolute atomic E-state index is 10.8. The van der Waals surface area contributed by atoms with Crippen molar-refractivity contribution in [2.75, 3.05) is 6.54 Å². The van der Waals surface area contributed by atoms with Crippen molar-refractivity contribution in [2.24, 2.45) is 5.73 Å². The summed E-state index contributed by atoms with van der Waals surface area (Å²) in [6.45, 7) is -0.0845. The molecule has 3 N–H and O–H groups in total. The van der Waals surface area contributed by atoms with E-state index in [9.17, 15) is 4.79 Å². The molecular weight excluding hydrogens is 202 g/mol. The molecular formula is C10H12ClNO2. The fourth-order valence-corrected chi connectivity index (χ4v) is 1.31. The number of benzene rings is 1. The third kappa shape index (κ3) is 2.47. The number of carbonyl (C=O) groups is 1. The summed E-state index contributed by atoms with van der Waals surface area (Å²) >= 11 is 5.87. The number of hydrogen-bond donors (Lipinski definition) is 2. The Morgan fingerprint density at radius 2 is 2.00 bits per heavy atom. The molecule has 0 fully saturated rings. The van der Waals surface area contributed by atoms with Crippen molar-refractivity contribution in [1.29, 1.82) is 0 Å². The molecule has 4 heteroatoms. The lowest BCUT2D eigenvalue weighted by Crippen LogP contribution is -2.42. The minimum absolute atomic E-state index is 0.0845. The van der Waals surface area contributed by atoms with Gasteiger partial charge in [-0.25, -0.2) is 0 Å². The van der Waals surface area contributed by atoms with Gasteiger partial charge in [0, 0.05) is 13.0 Å². The zero-order valence-corrected chi connectivity index (χ0v) is 8.37. The first-order chi connectivity index (χ1) is 6.58. The summed E-state index contributed by atoms with van der Waals surface area (Å²) in [5, 5.41) is 8.88. The van der Waals surface area contributed by atoms with Gasteiger partial charge in [-0.05, 0) is 5.56 Å². The molecule has 0 radical (unpaired) electrons. The summed E-state index contributed by atoms with van der Waals surface area (Å²) in [7, 11) is 0. The average molecular weight is 214 g/mol. The normalized spacial score (nSPS) is 14.7. The molecule has 0 saturated carbocycles. The molecule has 1 aromatic carbocycles. The van der Waals surface area contributed by atoms with Gasteiger partial charge in [-0.1, -0.05) is 30.3 Å². The van der Waals surface area contributed by atoms with E-state index in [0.29, 0.717) is 0 Å². The Hall–Kier alpha value is -1.06. The van der Waals surface area contributed by atoms with E-state index in [0.717, 1.165) is 5.56 Å². The van der Waals surface area contributed by atoms with Gasteiger partial charge in [-0.3, -0.25) is 4.79 Å². The van der Waals surface area contributed by atoms with Gasteiger partial charge in [0.2, 0.25) is 0 Å². The summed E-state index contributed by atoms with van der Waals surface area (Å²) in [6, 6.07) is 9.20. The van der Waals surface area contributed by atoms with Crippen LogP contribution in [0.3, 0.4) is 0 Å². The highest BCUT2D eigenvalue weighted by Gasteiger charge is 2.34. The van der Waals surface area contributed by atoms with Crippen LogP contribution in [-0.2, 0) is 11.2 Å². The van der Waals surface area contributed by atoms with Gasteiger partial charge in [0.05, 0.1) is 0 Å². The van der Waals surface area contributed by atoms with E-state index >= 15 is 0 Å². The predicted octanol–water partition coefficient (Wildman–Crippen LogP) is 1.25. The van der Waals surface area contributed by atoms with Gasteiger partial charge >= 0.3 is 5.97 Å². The number of aliphatic carboxylic acids is 1. The number of halogens is 1. The zero-order chi connectivity index (χ0) is 10.6. The van der Waals surface area contributed by atoms with Crippen LogP contribution < -0.4 is 5.73 Å². The topological polar surface area (TPSA) is 63.3 Å². The van der Waals surface area contributed by atoms with Crippen LogP contribution in [0.15, 0.2) is 30.3 Å². The molecule has 0 amide bonds. The second kappa shape index (κ2) is 4.44. The lowest BCUT2D eigenvalue weighted by molar-refractivity contribution is -0.139. The van der Waals surface area contributed by atoms with E-state index in [2.05, 4.69) is 0 Å². The van der Waals surface area contributed by atoms with Crippen LogP contribution >= 0.6 is 11.6 Å². The summed E-state index contributed by atoms with van der Waals surface area (Å²) in [6.07, 6.45) is 0.237. The molecule has 0 aliphatic carbocycles. The molecule has 1 unspecified atom stereocenters. The molecule has 0 aliphatic rings. The van der Waals surface area contributed by atoms with Crippen LogP contribution in [-0.4, -0.2) is 22.5 Å². The van der Waals surface area contributed by atoms with Crippen LogP contribution in [0.2, 0.25) is 0 Å². The van der Waals surface area contributed by atoms with E-state index < -0.39 is 10.8 Å². The van der Waals surface area contributed by atoms with Crippen molar-refractivity contribution >= 4 is 17.6 Å². The fourth-order valence-electron chi connectivity index (χ4n) is 1.15. The van der Waals surface area contributed by atoms with E-state index in [1.54, 1.807) is 0 Å². The minimum atomic E-state index is -1.39. The smallest absolute Gasteiger partial charge is 0.326 e. The van der Waals surface area contributed by atoms with Gasteiger partial charge in [0.25, 0.3) is 0 Å². The lowest BCUT2D eigenvalue weighted by Gasteiger charge is -2.19. The summed E-state index contributed by atoms with van der Waals surface area (Å²) in [5.41, 5.74) is 6.21. The zero-order valence-electron chi connectivity index (χ0n) is 7.61. The highest BCUT2D eigenvalue weighted by Crippen LogP contribution is 2.20. The maximum atomic E-state index is 10.8. The number of nitrogens with two attached hydrogens (primary N) is 1. The van der Waals surface area contributed by atoms with Gasteiger partial charge < -0.3 is 10.8 Å². The first kappa shape index (κ1) is 11.0. The van der Waals surface area contributed by atoms with Crippen LogP contribution in [0.1, 0.15) is 5.56 Å². The Balaban J connectivity index is 2.81. The Morgan fingerprint density at radius 3 is 2.43 bits per heavy atom. The third-order valence-electron chi connectivity index (χ3n) is 2.03. The predicted molar refractivity (Wildman–Crippen MR) is 55.4 cm³/mol. The molecule has 0 saturated heterocycles. The number of carboxylic acids is 1. The maximum Gasteiger partial charge on any atom is 0.326 e. The average Bonchev–Trinajstić information content (AvgIpc) is 2.19. The molecule has 0 aromatic heterocycles. The van der Waals surface area contributed by atoms with E-state index in [4.69, 9.17) is 22.4 Å². The van der Waals surface area contributed by atoms with E-state index in [-0.39, 0.29) is 13.0 Å². The molecule has 76 valence electrons. The van der Waals surface area contributed by atoms with Crippen molar-refractivity contribution in [3.8, 4) is 0 Å². The second-order valence-electron chi connectivity index (χ2n) is 3.14. The molecule has 1 atom stereocenters. The highest BCUT2D eigenvalue weighted by atomic mass is 35.5. The van der Waals surface area contributed by atoms with Crippen LogP contribution in [0.4, 0.5) is 0 Å². The molecule has 3 nitrogen and oxygen atoms in total. The van der Waals surface area contributed by atoms with Crippen molar-refractivity contribution in [2.45, 2.75) is 11.3 Å². The molecule has 1 aromatic rings. The highest BCUT2D eigenvalue weighted by molar-refractivity contribution is 6.34. The van der Waals surface area contributed by atoms with Crippen LogP contribution in [0, 0.1) is 0 Å². The van der Waals surface area contributed by atoms with Gasteiger partial charge in [0.1, 0.15) is 0 Å². The lowest BCUT2D eigenvalue weighted by atomic mass is 9.99. The van der Waals surface area contributed by atoms with E-state index in [1.165, 1.54) is 0 Å². The molecule has 1 rings (SSSR count). The standard InChI is InChI=1S/C10H12ClNO2/c11-10(7-12,9(13)14)6-8-4-2-1-3-5-8/h1-5H,6-7,12H2,(H,13,14). The van der Waals surface area contributed by atoms with E-state index in [1.807, 2.05) is 30.3 Å². The number of hydrogen-bond acceptors (Lipinski definition) is 2. The SMILES string of the molecule is NCC(Cl)(Cc1ccccc1)C(=O)O. The Bertz CT molecular complexity index is 315. The second-order valence-corrected chi connectivity index (χ2v) is 3.86. The van der Waals surface area contributed by atoms with Gasteiger partial charge in [0.15, 0.2) is 4.87 Å². The molecule has 0 aliphatic heterocycles. The first-order valence-corrected chi connectivity index (χ1v) is 4.62. The number of alkyl halides is 1. The summed E-state index contributed by atoms with van der Waals surface area (Å²) < 4.78 is 0. The van der Waals surface area contributed by atoms with Crippen molar-refractivity contribution in [3.63, 3.8) is 0 Å². The van der Waals surface area contributed by atoms with Crippen molar-refractivity contribution < 1.29 is 9.90 Å². The first-order valence-electron chi connectivity index (χ1n) is 4.25. The third-order valence-corrected chi connectivity index (χ3v) is 2.48. The number of rotatable bonds is 4. The Morgan fingerprint density at radius 1 is 1.43 bits per heavy atom. The summed E-state index contributed by atoms with van der Waals surface area (Å²) in [4.78, 5) is 9.46.